The molecule has 3 rings (SSSR count). The number of aromatic nitrogens is 3. The van der Waals surface area contributed by atoms with E-state index in [2.05, 4.69) is 15.4 Å². The van der Waals surface area contributed by atoms with Crippen LogP contribution in [0, 0.1) is 0 Å². The summed E-state index contributed by atoms with van der Waals surface area (Å²) in [6, 6.07) is 5.76. The van der Waals surface area contributed by atoms with Gasteiger partial charge in [0.1, 0.15) is 0 Å². The Morgan fingerprint density at radius 2 is 2.21 bits per heavy atom. The van der Waals surface area contributed by atoms with Crippen molar-refractivity contribution in [3.05, 3.63) is 52.9 Å². The van der Waals surface area contributed by atoms with E-state index in [0.717, 1.165) is 16.5 Å². The molecule has 7 nitrogen and oxygen atoms in total. The van der Waals surface area contributed by atoms with Crippen LogP contribution in [0.3, 0.4) is 0 Å². The number of benzene rings is 1. The minimum atomic E-state index is -1.15. The molecule has 1 unspecified atom stereocenters. The highest BCUT2D eigenvalue weighted by Crippen LogP contribution is 2.22. The molecule has 0 bridgehead atoms. The normalized spacial score (nSPS) is 12.2. The van der Waals surface area contributed by atoms with Crippen molar-refractivity contribution in [3.63, 3.8) is 0 Å². The first-order valence-corrected chi connectivity index (χ1v) is 7.59. The van der Waals surface area contributed by atoms with E-state index in [1.54, 1.807) is 31.4 Å². The van der Waals surface area contributed by atoms with Crippen molar-refractivity contribution in [2.45, 2.75) is 12.5 Å². The lowest BCUT2D eigenvalue weighted by Gasteiger charge is -2.14. The van der Waals surface area contributed by atoms with Gasteiger partial charge in [0, 0.05) is 35.4 Å². The Hall–Kier alpha value is -2.80. The van der Waals surface area contributed by atoms with Crippen molar-refractivity contribution < 1.29 is 14.7 Å². The summed E-state index contributed by atoms with van der Waals surface area (Å²) < 4.78 is 1.42. The molecule has 0 fully saturated rings. The number of aryl methyl sites for hydroxylation is 1. The predicted molar refractivity (Wildman–Crippen MR) is 88.7 cm³/mol. The Balaban J connectivity index is 1.78. The number of carbonyl (C=O) groups is 2. The average molecular weight is 347 g/mol. The van der Waals surface area contributed by atoms with Crippen molar-refractivity contribution >= 4 is 34.4 Å². The molecule has 3 N–H and O–H groups in total. The SMILES string of the molecule is Cn1nccc1C(NC(=O)Cc1c[nH]c2cc(Cl)ccc12)C(=O)O. The van der Waals surface area contributed by atoms with Crippen molar-refractivity contribution in [2.24, 2.45) is 7.05 Å². The summed E-state index contributed by atoms with van der Waals surface area (Å²) >= 11 is 5.94. The molecule has 8 heteroatoms. The topological polar surface area (TPSA) is 100 Å². The van der Waals surface area contributed by atoms with Crippen molar-refractivity contribution in [2.75, 3.05) is 0 Å². The largest absolute Gasteiger partial charge is 0.479 e. The molecule has 0 radical (unpaired) electrons. The van der Waals surface area contributed by atoms with Gasteiger partial charge in [-0.25, -0.2) is 4.79 Å². The first-order valence-electron chi connectivity index (χ1n) is 7.21. The number of H-pyrrole nitrogens is 1. The minimum Gasteiger partial charge on any atom is -0.479 e. The van der Waals surface area contributed by atoms with E-state index in [1.165, 1.54) is 10.9 Å². The highest BCUT2D eigenvalue weighted by Gasteiger charge is 2.25. The number of nitrogens with zero attached hydrogens (tertiary/aromatic N) is 2. The third-order valence-electron chi connectivity index (χ3n) is 3.79. The van der Waals surface area contributed by atoms with Gasteiger partial charge in [-0.1, -0.05) is 17.7 Å². The molecule has 3 aromatic rings. The first kappa shape index (κ1) is 16.1. The number of carboxylic acids is 1. The Morgan fingerprint density at radius 3 is 2.88 bits per heavy atom. The van der Waals surface area contributed by atoms with E-state index >= 15 is 0 Å². The second-order valence-corrected chi connectivity index (χ2v) is 5.84. The zero-order valence-corrected chi connectivity index (χ0v) is 13.5. The number of fused-ring (bicyclic) bond motifs is 1. The van der Waals surface area contributed by atoms with Gasteiger partial charge in [0.15, 0.2) is 6.04 Å². The summed E-state index contributed by atoms with van der Waals surface area (Å²) in [6.07, 6.45) is 3.27. The molecule has 1 aromatic carbocycles. The number of nitrogens with one attached hydrogen (secondary N) is 2. The van der Waals surface area contributed by atoms with E-state index in [0.29, 0.717) is 10.7 Å². The van der Waals surface area contributed by atoms with Crippen LogP contribution in [-0.4, -0.2) is 31.7 Å². The van der Waals surface area contributed by atoms with Crippen LogP contribution in [-0.2, 0) is 23.1 Å². The van der Waals surface area contributed by atoms with Crippen LogP contribution < -0.4 is 5.32 Å². The molecule has 0 aliphatic carbocycles. The maximum absolute atomic E-state index is 12.3. The van der Waals surface area contributed by atoms with Gasteiger partial charge < -0.3 is 15.4 Å². The Morgan fingerprint density at radius 1 is 1.42 bits per heavy atom. The smallest absolute Gasteiger partial charge is 0.332 e. The molecule has 2 heterocycles. The number of aliphatic carboxylic acids is 1. The molecule has 0 aliphatic rings. The molecule has 2 aromatic heterocycles. The fourth-order valence-corrected chi connectivity index (χ4v) is 2.79. The molecular formula is C16H15ClN4O3. The second kappa shape index (κ2) is 6.37. The molecular weight excluding hydrogens is 332 g/mol. The van der Waals surface area contributed by atoms with Gasteiger partial charge in [-0.05, 0) is 23.8 Å². The number of rotatable bonds is 5. The van der Waals surface area contributed by atoms with Crippen molar-refractivity contribution in [1.82, 2.24) is 20.1 Å². The monoisotopic (exact) mass is 346 g/mol. The van der Waals surface area contributed by atoms with E-state index < -0.39 is 12.0 Å². The van der Waals surface area contributed by atoms with Gasteiger partial charge in [0.2, 0.25) is 5.91 Å². The molecule has 0 spiro atoms. The van der Waals surface area contributed by atoms with Crippen molar-refractivity contribution in [1.29, 1.82) is 0 Å². The maximum atomic E-state index is 12.3. The van der Waals surface area contributed by atoms with E-state index in [9.17, 15) is 14.7 Å². The van der Waals surface area contributed by atoms with Gasteiger partial charge in [0.05, 0.1) is 12.1 Å². The van der Waals surface area contributed by atoms with Crippen LogP contribution >= 0.6 is 11.6 Å². The average Bonchev–Trinajstić information content (AvgIpc) is 3.11. The summed E-state index contributed by atoms with van der Waals surface area (Å²) in [7, 11) is 1.63. The second-order valence-electron chi connectivity index (χ2n) is 5.40. The van der Waals surface area contributed by atoms with E-state index in [4.69, 9.17) is 11.6 Å². The van der Waals surface area contributed by atoms with Gasteiger partial charge in [-0.3, -0.25) is 9.48 Å². The van der Waals surface area contributed by atoms with Crippen LogP contribution in [0.25, 0.3) is 10.9 Å². The van der Waals surface area contributed by atoms with Gasteiger partial charge in [0.25, 0.3) is 0 Å². The Kier molecular flexibility index (Phi) is 4.26. The zero-order chi connectivity index (χ0) is 17.3. The standard InChI is InChI=1S/C16H15ClN4O3/c1-21-13(4-5-19-21)15(16(23)24)20-14(22)6-9-8-18-12-7-10(17)2-3-11(9)12/h2-5,7-8,15,18H,6H2,1H3,(H,20,22)(H,23,24). The van der Waals surface area contributed by atoms with Gasteiger partial charge >= 0.3 is 5.97 Å². The number of hydrogen-bond acceptors (Lipinski definition) is 3. The summed E-state index contributed by atoms with van der Waals surface area (Å²) in [5, 5.41) is 17.3. The number of amides is 1. The van der Waals surface area contributed by atoms with Crippen LogP contribution in [0.5, 0.6) is 0 Å². The molecule has 24 heavy (non-hydrogen) atoms. The summed E-state index contributed by atoms with van der Waals surface area (Å²) in [6.45, 7) is 0. The Bertz CT molecular complexity index is 915. The summed E-state index contributed by atoms with van der Waals surface area (Å²) in [5.74, 6) is -1.53. The first-order chi connectivity index (χ1) is 11.5. The molecule has 1 amide bonds. The van der Waals surface area contributed by atoms with Crippen LogP contribution in [0.4, 0.5) is 0 Å². The van der Waals surface area contributed by atoms with Crippen LogP contribution in [0.1, 0.15) is 17.3 Å². The molecule has 0 saturated carbocycles. The summed E-state index contributed by atoms with van der Waals surface area (Å²) in [4.78, 5) is 26.8. The molecule has 0 aliphatic heterocycles. The predicted octanol–water partition coefficient (Wildman–Crippen LogP) is 2.04. The Labute approximate surface area is 142 Å². The highest BCUT2D eigenvalue weighted by atomic mass is 35.5. The third kappa shape index (κ3) is 3.11. The van der Waals surface area contributed by atoms with Crippen molar-refractivity contribution in [3.8, 4) is 0 Å². The minimum absolute atomic E-state index is 0.0588. The lowest BCUT2D eigenvalue weighted by molar-refractivity contribution is -0.142. The zero-order valence-electron chi connectivity index (χ0n) is 12.8. The maximum Gasteiger partial charge on any atom is 0.332 e. The lowest BCUT2D eigenvalue weighted by Crippen LogP contribution is -2.35. The number of carbonyl (C=O) groups excluding carboxylic acids is 1. The lowest BCUT2D eigenvalue weighted by atomic mass is 10.1. The van der Waals surface area contributed by atoms with Gasteiger partial charge in [-0.15, -0.1) is 0 Å². The van der Waals surface area contributed by atoms with Crippen LogP contribution in [0.15, 0.2) is 36.7 Å². The summed E-state index contributed by atoms with van der Waals surface area (Å²) in [5.41, 5.74) is 2.00. The number of hydrogen-bond donors (Lipinski definition) is 3. The number of aromatic amines is 1. The van der Waals surface area contributed by atoms with E-state index in [1.807, 2.05) is 6.07 Å². The van der Waals surface area contributed by atoms with Gasteiger partial charge in [-0.2, -0.15) is 5.10 Å². The molecule has 1 atom stereocenters. The quantitative estimate of drug-likeness (QED) is 0.658. The van der Waals surface area contributed by atoms with Crippen LogP contribution in [0.2, 0.25) is 5.02 Å². The van der Waals surface area contributed by atoms with E-state index in [-0.39, 0.29) is 12.3 Å². The fraction of sp³-hybridized carbons (Fsp3) is 0.188. The fourth-order valence-electron chi connectivity index (χ4n) is 2.62. The number of carboxylic acid groups (broad SMARTS) is 1. The third-order valence-corrected chi connectivity index (χ3v) is 4.02. The number of halogens is 1. The molecule has 0 saturated heterocycles. The highest BCUT2D eigenvalue weighted by molar-refractivity contribution is 6.31. The molecule has 124 valence electrons.